The maximum Gasteiger partial charge on any atom is 0.0544 e. The van der Waals surface area contributed by atoms with Gasteiger partial charge >= 0.3 is 0 Å². The van der Waals surface area contributed by atoms with Crippen LogP contribution >= 0.6 is 0 Å². The van der Waals surface area contributed by atoms with Crippen molar-refractivity contribution in [1.29, 1.82) is 0 Å². The molecule has 0 fully saturated rings. The first kappa shape index (κ1) is 30.7. The van der Waals surface area contributed by atoms with E-state index < -0.39 is 0 Å². The van der Waals surface area contributed by atoms with E-state index in [1.54, 1.807) is 0 Å². The Bertz CT molecular complexity index is 2760. The van der Waals surface area contributed by atoms with Crippen molar-refractivity contribution in [3.8, 4) is 27.9 Å². The fourth-order valence-electron chi connectivity index (χ4n) is 10.2. The zero-order valence-electron chi connectivity index (χ0n) is 31.3. The molecule has 11 rings (SSSR count). The monoisotopic (exact) mass is 682 g/mol. The molecule has 3 aliphatic heterocycles. The molecular weight excluding hydrogens is 641 g/mol. The van der Waals surface area contributed by atoms with Crippen LogP contribution in [0.1, 0.15) is 74.9 Å². The molecule has 0 bridgehead atoms. The lowest BCUT2D eigenvalue weighted by Gasteiger charge is -2.55. The quantitative estimate of drug-likeness (QED) is 0.180. The van der Waals surface area contributed by atoms with Crippen LogP contribution in [-0.4, -0.2) is 4.57 Å². The second kappa shape index (κ2) is 10.2. The first-order valence-corrected chi connectivity index (χ1v) is 19.0. The van der Waals surface area contributed by atoms with Gasteiger partial charge in [-0.1, -0.05) is 139 Å². The van der Waals surface area contributed by atoms with Crippen LogP contribution in [0.15, 0.2) is 146 Å². The Balaban J connectivity index is 1.19. The number of anilines is 3. The van der Waals surface area contributed by atoms with E-state index in [1.165, 1.54) is 100 Å². The van der Waals surface area contributed by atoms with Gasteiger partial charge in [0.15, 0.2) is 0 Å². The van der Waals surface area contributed by atoms with Gasteiger partial charge in [0.25, 0.3) is 0 Å². The summed E-state index contributed by atoms with van der Waals surface area (Å²) in [5, 5.41) is 2.54. The van der Waals surface area contributed by atoms with Crippen LogP contribution in [0.25, 0.3) is 49.7 Å². The molecule has 0 saturated carbocycles. The Morgan fingerprint density at radius 1 is 0.340 bits per heavy atom. The second-order valence-electron chi connectivity index (χ2n) is 17.0. The molecular formula is C51H42N2. The lowest BCUT2D eigenvalue weighted by atomic mass is 9.60. The third kappa shape index (κ3) is 3.88. The standard InChI is InChI=1S/C51H42N2/c1-49(2)38-19-13-21-40-46(38)53-47-39(49)20-14-22-41(47)51(5,6)43-30-34(29-42(48(43)53)50(40,3)4)33-24-26-45-37(28-33)36-27-32(31-15-9-7-10-16-31)23-25-44(36)52(45)35-17-11-8-12-18-35/h7-30H,1-6H3. The smallest absolute Gasteiger partial charge is 0.0544 e. The lowest BCUT2D eigenvalue weighted by molar-refractivity contribution is 0.567. The molecule has 256 valence electrons. The molecule has 0 saturated heterocycles. The third-order valence-electron chi connectivity index (χ3n) is 13.1. The molecule has 8 aromatic rings. The minimum Gasteiger partial charge on any atom is -0.309 e. The van der Waals surface area contributed by atoms with Gasteiger partial charge in [-0.25, -0.2) is 0 Å². The van der Waals surface area contributed by atoms with Gasteiger partial charge < -0.3 is 9.47 Å². The Kier molecular flexibility index (Phi) is 5.90. The second-order valence-corrected chi connectivity index (χ2v) is 17.0. The summed E-state index contributed by atoms with van der Waals surface area (Å²) in [5.41, 5.74) is 20.8. The summed E-state index contributed by atoms with van der Waals surface area (Å²) in [4.78, 5) is 2.66. The molecule has 0 N–H and O–H groups in total. The highest BCUT2D eigenvalue weighted by Crippen LogP contribution is 2.66. The molecule has 2 heteroatoms. The third-order valence-corrected chi connectivity index (χ3v) is 13.1. The highest BCUT2D eigenvalue weighted by Gasteiger charge is 2.51. The van der Waals surface area contributed by atoms with Gasteiger partial charge in [0, 0.05) is 32.7 Å². The first-order chi connectivity index (χ1) is 25.6. The Morgan fingerprint density at radius 2 is 0.755 bits per heavy atom. The molecule has 2 nitrogen and oxygen atoms in total. The molecule has 0 aliphatic carbocycles. The number of aromatic nitrogens is 1. The van der Waals surface area contributed by atoms with Crippen molar-refractivity contribution in [2.75, 3.05) is 4.90 Å². The topological polar surface area (TPSA) is 8.17 Å². The van der Waals surface area contributed by atoms with E-state index in [1.807, 2.05) is 0 Å². The zero-order valence-corrected chi connectivity index (χ0v) is 31.3. The van der Waals surface area contributed by atoms with Crippen molar-refractivity contribution in [3.63, 3.8) is 0 Å². The van der Waals surface area contributed by atoms with E-state index in [0.717, 1.165) is 0 Å². The summed E-state index contributed by atoms with van der Waals surface area (Å²) in [6, 6.07) is 54.7. The highest BCUT2D eigenvalue weighted by molar-refractivity contribution is 6.12. The predicted molar refractivity (Wildman–Crippen MR) is 223 cm³/mol. The maximum atomic E-state index is 2.66. The molecule has 0 atom stereocenters. The number of hydrogen-bond donors (Lipinski definition) is 0. The van der Waals surface area contributed by atoms with Gasteiger partial charge in [-0.3, -0.25) is 0 Å². The molecule has 0 amide bonds. The van der Waals surface area contributed by atoms with Crippen molar-refractivity contribution in [2.45, 2.75) is 57.8 Å². The molecule has 4 heterocycles. The first-order valence-electron chi connectivity index (χ1n) is 19.0. The number of nitrogens with zero attached hydrogens (tertiary/aromatic N) is 2. The van der Waals surface area contributed by atoms with Crippen molar-refractivity contribution in [1.82, 2.24) is 4.57 Å². The normalized spacial score (nSPS) is 16.5. The van der Waals surface area contributed by atoms with Crippen molar-refractivity contribution < 1.29 is 0 Å². The van der Waals surface area contributed by atoms with E-state index in [9.17, 15) is 0 Å². The number of hydrogen-bond acceptors (Lipinski definition) is 1. The zero-order chi connectivity index (χ0) is 36.0. The predicted octanol–water partition coefficient (Wildman–Crippen LogP) is 13.5. The summed E-state index contributed by atoms with van der Waals surface area (Å²) in [6.07, 6.45) is 0. The molecule has 1 aromatic heterocycles. The summed E-state index contributed by atoms with van der Waals surface area (Å²) in [6.45, 7) is 14.6. The summed E-state index contributed by atoms with van der Waals surface area (Å²) in [7, 11) is 0. The van der Waals surface area contributed by atoms with E-state index in [4.69, 9.17) is 0 Å². The van der Waals surface area contributed by atoms with Crippen molar-refractivity contribution in [2.24, 2.45) is 0 Å². The average Bonchev–Trinajstić information content (AvgIpc) is 3.50. The number of rotatable bonds is 3. The molecule has 0 radical (unpaired) electrons. The van der Waals surface area contributed by atoms with Gasteiger partial charge in [0.1, 0.15) is 0 Å². The van der Waals surface area contributed by atoms with Crippen LogP contribution in [-0.2, 0) is 16.2 Å². The Hall–Kier alpha value is -5.86. The Labute approximate surface area is 312 Å². The molecule has 53 heavy (non-hydrogen) atoms. The van der Waals surface area contributed by atoms with E-state index >= 15 is 0 Å². The number of benzene rings is 7. The van der Waals surface area contributed by atoms with Gasteiger partial charge in [-0.2, -0.15) is 0 Å². The highest BCUT2D eigenvalue weighted by atomic mass is 15.2. The van der Waals surface area contributed by atoms with E-state index in [-0.39, 0.29) is 16.2 Å². The van der Waals surface area contributed by atoms with Gasteiger partial charge in [-0.15, -0.1) is 0 Å². The number of para-hydroxylation sites is 3. The number of fused-ring (bicyclic) bond motifs is 3. The van der Waals surface area contributed by atoms with Crippen LogP contribution in [0, 0.1) is 0 Å². The minimum atomic E-state index is -0.185. The van der Waals surface area contributed by atoms with Crippen LogP contribution in [0.5, 0.6) is 0 Å². The van der Waals surface area contributed by atoms with Crippen LogP contribution < -0.4 is 4.90 Å². The van der Waals surface area contributed by atoms with Gasteiger partial charge in [0.2, 0.25) is 0 Å². The SMILES string of the molecule is CC1(C)c2cccc3c2N2c4c1cccc4C(C)(C)c1cc(-c4ccc5c(c4)c4cc(-c6ccccc6)ccc4n5-c4ccccc4)cc(c12)C3(C)C. The molecule has 3 aliphatic rings. The van der Waals surface area contributed by atoms with E-state index in [2.05, 4.69) is 197 Å². The van der Waals surface area contributed by atoms with Crippen molar-refractivity contribution >= 4 is 38.9 Å². The van der Waals surface area contributed by atoms with Gasteiger partial charge in [0.05, 0.1) is 28.1 Å². The molecule has 7 aromatic carbocycles. The van der Waals surface area contributed by atoms with E-state index in [0.29, 0.717) is 0 Å². The Morgan fingerprint density at radius 3 is 1.25 bits per heavy atom. The summed E-state index contributed by atoms with van der Waals surface area (Å²) in [5.74, 6) is 0. The maximum absolute atomic E-state index is 2.66. The average molecular weight is 683 g/mol. The minimum absolute atomic E-state index is 0.0942. The fraction of sp³-hybridized carbons (Fsp3) is 0.176. The molecule has 0 spiro atoms. The molecule has 0 unspecified atom stereocenters. The van der Waals surface area contributed by atoms with Crippen LogP contribution in [0.3, 0.4) is 0 Å². The van der Waals surface area contributed by atoms with Gasteiger partial charge in [-0.05, 0) is 104 Å². The summed E-state index contributed by atoms with van der Waals surface area (Å²) < 4.78 is 2.42. The lowest BCUT2D eigenvalue weighted by Crippen LogP contribution is -2.43. The largest absolute Gasteiger partial charge is 0.309 e. The fourth-order valence-corrected chi connectivity index (χ4v) is 10.2. The van der Waals surface area contributed by atoms with Crippen molar-refractivity contribution in [3.05, 3.63) is 179 Å². The van der Waals surface area contributed by atoms with Crippen LogP contribution in [0.4, 0.5) is 17.1 Å². The van der Waals surface area contributed by atoms with Crippen LogP contribution in [0.2, 0.25) is 0 Å². The summed E-state index contributed by atoms with van der Waals surface area (Å²) >= 11 is 0.